The molecule has 1 aliphatic heterocycles. The van der Waals surface area contributed by atoms with Gasteiger partial charge in [0, 0.05) is 23.1 Å². The number of nitrogens with zero attached hydrogens (tertiary/aromatic N) is 1. The van der Waals surface area contributed by atoms with Gasteiger partial charge in [-0.3, -0.25) is 4.90 Å². The number of halogens is 1. The molecule has 100 valence electrons. The van der Waals surface area contributed by atoms with Crippen molar-refractivity contribution in [3.05, 3.63) is 34.3 Å². The minimum Gasteiger partial charge on any atom is -0.327 e. The normalized spacial score (nSPS) is 27.1. The molecule has 3 unspecified atom stereocenters. The first-order valence-electron chi connectivity index (χ1n) is 6.80. The van der Waals surface area contributed by atoms with Crippen LogP contribution in [0.25, 0.3) is 0 Å². The highest BCUT2D eigenvalue weighted by Crippen LogP contribution is 2.20. The van der Waals surface area contributed by atoms with E-state index in [1.807, 2.05) is 0 Å². The van der Waals surface area contributed by atoms with E-state index in [9.17, 15) is 0 Å². The molecule has 1 heterocycles. The summed E-state index contributed by atoms with van der Waals surface area (Å²) in [5, 5.41) is 0. The second kappa shape index (κ2) is 6.18. The Labute approximate surface area is 119 Å². The lowest BCUT2D eigenvalue weighted by Crippen LogP contribution is -2.49. The molecule has 1 fully saturated rings. The summed E-state index contributed by atoms with van der Waals surface area (Å²) in [6.45, 7) is 6.87. The summed E-state index contributed by atoms with van der Waals surface area (Å²) < 4.78 is 1.15. The molecular formula is C15H23BrN2. The second-order valence-electron chi connectivity index (χ2n) is 5.60. The van der Waals surface area contributed by atoms with Gasteiger partial charge in [0.25, 0.3) is 0 Å². The van der Waals surface area contributed by atoms with E-state index >= 15 is 0 Å². The van der Waals surface area contributed by atoms with Crippen LogP contribution in [0.2, 0.25) is 0 Å². The zero-order valence-electron chi connectivity index (χ0n) is 11.3. The van der Waals surface area contributed by atoms with Crippen LogP contribution in [0.15, 0.2) is 28.7 Å². The van der Waals surface area contributed by atoms with E-state index in [4.69, 9.17) is 5.73 Å². The Hall–Kier alpha value is -0.380. The van der Waals surface area contributed by atoms with E-state index in [2.05, 4.69) is 58.9 Å². The highest BCUT2D eigenvalue weighted by Gasteiger charge is 2.25. The Morgan fingerprint density at radius 1 is 1.39 bits per heavy atom. The number of likely N-dealkylation sites (tertiary alicyclic amines) is 1. The standard InChI is InChI=1S/C15H23BrN2/c1-11-10-18(8-7-15(11)17)12(2)9-13-3-5-14(16)6-4-13/h3-6,11-12,15H,7-10,17H2,1-2H3. The van der Waals surface area contributed by atoms with Gasteiger partial charge in [0.05, 0.1) is 0 Å². The van der Waals surface area contributed by atoms with Crippen molar-refractivity contribution in [2.45, 2.75) is 38.8 Å². The lowest BCUT2D eigenvalue weighted by atomic mass is 9.93. The first-order chi connectivity index (χ1) is 8.56. The monoisotopic (exact) mass is 310 g/mol. The fourth-order valence-electron chi connectivity index (χ4n) is 2.69. The van der Waals surface area contributed by atoms with Crippen molar-refractivity contribution in [3.63, 3.8) is 0 Å². The molecule has 1 saturated heterocycles. The van der Waals surface area contributed by atoms with Crippen molar-refractivity contribution in [1.82, 2.24) is 4.90 Å². The van der Waals surface area contributed by atoms with Crippen molar-refractivity contribution < 1.29 is 0 Å². The van der Waals surface area contributed by atoms with Gasteiger partial charge in [-0.1, -0.05) is 35.0 Å². The summed E-state index contributed by atoms with van der Waals surface area (Å²) >= 11 is 3.48. The van der Waals surface area contributed by atoms with Crippen molar-refractivity contribution in [1.29, 1.82) is 0 Å². The molecule has 0 spiro atoms. The highest BCUT2D eigenvalue weighted by atomic mass is 79.9. The third-order valence-corrected chi connectivity index (χ3v) is 4.60. The predicted octanol–water partition coefficient (Wildman–Crippen LogP) is 3.05. The van der Waals surface area contributed by atoms with Gasteiger partial charge in [0.1, 0.15) is 0 Å². The molecule has 0 bridgehead atoms. The summed E-state index contributed by atoms with van der Waals surface area (Å²) in [4.78, 5) is 2.58. The van der Waals surface area contributed by atoms with Crippen molar-refractivity contribution in [2.75, 3.05) is 13.1 Å². The molecule has 1 aliphatic rings. The highest BCUT2D eigenvalue weighted by molar-refractivity contribution is 9.10. The van der Waals surface area contributed by atoms with E-state index in [1.165, 1.54) is 5.56 Å². The zero-order valence-corrected chi connectivity index (χ0v) is 12.9. The van der Waals surface area contributed by atoms with Gasteiger partial charge in [0.2, 0.25) is 0 Å². The van der Waals surface area contributed by atoms with E-state index in [0.29, 0.717) is 18.0 Å². The van der Waals surface area contributed by atoms with Crippen LogP contribution >= 0.6 is 15.9 Å². The first kappa shape index (κ1) is 14.0. The maximum absolute atomic E-state index is 6.08. The number of rotatable bonds is 3. The molecule has 0 amide bonds. The number of hydrogen-bond donors (Lipinski definition) is 1. The number of nitrogens with two attached hydrogens (primary N) is 1. The smallest absolute Gasteiger partial charge is 0.0175 e. The number of benzene rings is 1. The molecule has 18 heavy (non-hydrogen) atoms. The van der Waals surface area contributed by atoms with Gasteiger partial charge in [-0.15, -0.1) is 0 Å². The molecule has 0 aromatic heterocycles. The zero-order chi connectivity index (χ0) is 13.1. The fraction of sp³-hybridized carbons (Fsp3) is 0.600. The van der Waals surface area contributed by atoms with Gasteiger partial charge in [0.15, 0.2) is 0 Å². The lowest BCUT2D eigenvalue weighted by Gasteiger charge is -2.38. The third kappa shape index (κ3) is 3.56. The predicted molar refractivity (Wildman–Crippen MR) is 80.6 cm³/mol. The molecule has 1 aromatic carbocycles. The van der Waals surface area contributed by atoms with Crippen LogP contribution in [-0.4, -0.2) is 30.1 Å². The van der Waals surface area contributed by atoms with Crippen LogP contribution in [0.5, 0.6) is 0 Å². The Balaban J connectivity index is 1.91. The van der Waals surface area contributed by atoms with Gasteiger partial charge in [-0.05, 0) is 49.9 Å². The number of piperidine rings is 1. The van der Waals surface area contributed by atoms with Crippen LogP contribution in [0.3, 0.4) is 0 Å². The lowest BCUT2D eigenvalue weighted by molar-refractivity contribution is 0.123. The Bertz CT molecular complexity index is 377. The molecule has 2 nitrogen and oxygen atoms in total. The summed E-state index contributed by atoms with van der Waals surface area (Å²) in [7, 11) is 0. The van der Waals surface area contributed by atoms with Crippen LogP contribution in [0, 0.1) is 5.92 Å². The quantitative estimate of drug-likeness (QED) is 0.929. The fourth-order valence-corrected chi connectivity index (χ4v) is 2.95. The van der Waals surface area contributed by atoms with E-state index in [1.54, 1.807) is 0 Å². The molecule has 3 atom stereocenters. The van der Waals surface area contributed by atoms with E-state index in [-0.39, 0.29) is 0 Å². The Morgan fingerprint density at radius 3 is 2.67 bits per heavy atom. The van der Waals surface area contributed by atoms with E-state index < -0.39 is 0 Å². The maximum atomic E-state index is 6.08. The third-order valence-electron chi connectivity index (χ3n) is 4.07. The molecule has 0 aliphatic carbocycles. The molecule has 3 heteroatoms. The van der Waals surface area contributed by atoms with Gasteiger partial charge in [-0.25, -0.2) is 0 Å². The van der Waals surface area contributed by atoms with Crippen LogP contribution in [0.1, 0.15) is 25.8 Å². The van der Waals surface area contributed by atoms with Crippen molar-refractivity contribution >= 4 is 15.9 Å². The van der Waals surface area contributed by atoms with Gasteiger partial charge >= 0.3 is 0 Å². The Morgan fingerprint density at radius 2 is 2.06 bits per heavy atom. The van der Waals surface area contributed by atoms with Crippen LogP contribution in [0.4, 0.5) is 0 Å². The topological polar surface area (TPSA) is 29.3 Å². The molecule has 2 N–H and O–H groups in total. The summed E-state index contributed by atoms with van der Waals surface area (Å²) in [6.07, 6.45) is 2.25. The van der Waals surface area contributed by atoms with Crippen molar-refractivity contribution in [3.8, 4) is 0 Å². The van der Waals surface area contributed by atoms with Crippen molar-refractivity contribution in [2.24, 2.45) is 11.7 Å². The first-order valence-corrected chi connectivity index (χ1v) is 7.59. The number of hydrogen-bond acceptors (Lipinski definition) is 2. The Kier molecular flexibility index (Phi) is 4.82. The molecule has 0 saturated carbocycles. The molecule has 0 radical (unpaired) electrons. The molecule has 2 rings (SSSR count). The minimum absolute atomic E-state index is 0.390. The van der Waals surface area contributed by atoms with Crippen LogP contribution < -0.4 is 5.73 Å². The SMILES string of the molecule is CC1CN(C(C)Cc2ccc(Br)cc2)CCC1N. The average molecular weight is 311 g/mol. The minimum atomic E-state index is 0.390. The summed E-state index contributed by atoms with van der Waals surface area (Å²) in [5.41, 5.74) is 7.49. The summed E-state index contributed by atoms with van der Waals surface area (Å²) in [5.74, 6) is 0.617. The molecule has 1 aromatic rings. The second-order valence-corrected chi connectivity index (χ2v) is 6.52. The van der Waals surface area contributed by atoms with Gasteiger partial charge in [-0.2, -0.15) is 0 Å². The largest absolute Gasteiger partial charge is 0.327 e. The summed E-state index contributed by atoms with van der Waals surface area (Å²) in [6, 6.07) is 9.65. The maximum Gasteiger partial charge on any atom is 0.0175 e. The van der Waals surface area contributed by atoms with E-state index in [0.717, 1.165) is 30.4 Å². The van der Waals surface area contributed by atoms with Crippen LogP contribution in [-0.2, 0) is 6.42 Å². The average Bonchev–Trinajstić information content (AvgIpc) is 2.35. The molecular weight excluding hydrogens is 288 g/mol. The van der Waals surface area contributed by atoms with Gasteiger partial charge < -0.3 is 5.73 Å².